The predicted octanol–water partition coefficient (Wildman–Crippen LogP) is 3.73. The molecule has 11 heteroatoms. The van der Waals surface area contributed by atoms with Crippen LogP contribution >= 0.6 is 0 Å². The van der Waals surface area contributed by atoms with Crippen molar-refractivity contribution in [3.8, 4) is 0 Å². The highest BCUT2D eigenvalue weighted by molar-refractivity contribution is 5.99. The van der Waals surface area contributed by atoms with Crippen LogP contribution in [-0.2, 0) is 32.3 Å². The monoisotopic (exact) mass is 660 g/mol. The molecule has 1 aromatic heterocycles. The number of rotatable bonds is 13. The van der Waals surface area contributed by atoms with Crippen molar-refractivity contribution < 1.29 is 24.2 Å². The minimum Gasteiger partial charge on any atom is -0.394 e. The number of aromatic nitrogens is 3. The number of hydrogen-bond acceptors (Lipinski definition) is 7. The van der Waals surface area contributed by atoms with Gasteiger partial charge in [-0.3, -0.25) is 14.4 Å². The first kappa shape index (κ1) is 32.4. The zero-order chi connectivity index (χ0) is 34.1. The van der Waals surface area contributed by atoms with E-state index in [4.69, 9.17) is 4.74 Å². The molecule has 3 saturated heterocycles. The van der Waals surface area contributed by atoms with Crippen LogP contribution in [-0.4, -0.2) is 90.0 Å². The average molecular weight is 661 g/mol. The third-order valence-electron chi connectivity index (χ3n) is 10.2. The second kappa shape index (κ2) is 13.4. The number of aliphatic hydroxyl groups excluding tert-OH is 1. The van der Waals surface area contributed by atoms with Gasteiger partial charge in [0, 0.05) is 19.6 Å². The lowest BCUT2D eigenvalue weighted by Gasteiger charge is -2.39. The number of ether oxygens (including phenoxy) is 1. The molecule has 0 radical (unpaired) electrons. The van der Waals surface area contributed by atoms with Crippen LogP contribution in [0.4, 0.5) is 0 Å². The van der Waals surface area contributed by atoms with Crippen LogP contribution in [0.5, 0.6) is 0 Å². The lowest BCUT2D eigenvalue weighted by atomic mass is 9.70. The first-order valence-corrected chi connectivity index (χ1v) is 16.7. The van der Waals surface area contributed by atoms with E-state index < -0.39 is 42.2 Å². The van der Waals surface area contributed by atoms with Gasteiger partial charge >= 0.3 is 0 Å². The zero-order valence-corrected chi connectivity index (χ0v) is 27.3. The van der Waals surface area contributed by atoms with Crippen molar-refractivity contribution in [2.45, 2.75) is 49.8 Å². The van der Waals surface area contributed by atoms with Crippen molar-refractivity contribution in [1.29, 1.82) is 0 Å². The number of carbonyl (C=O) groups is 3. The minimum atomic E-state index is -1.27. The molecule has 7 rings (SSSR count). The van der Waals surface area contributed by atoms with Crippen molar-refractivity contribution in [2.75, 3.05) is 19.7 Å². The Morgan fingerprint density at radius 1 is 0.959 bits per heavy atom. The Hall–Kier alpha value is -5.13. The second-order valence-corrected chi connectivity index (χ2v) is 13.0. The summed E-state index contributed by atoms with van der Waals surface area (Å²) in [4.78, 5) is 49.3. The van der Waals surface area contributed by atoms with Crippen LogP contribution in [0.15, 0.2) is 110 Å². The molecular weight excluding hydrogens is 620 g/mol. The summed E-state index contributed by atoms with van der Waals surface area (Å²) < 4.78 is 8.41. The summed E-state index contributed by atoms with van der Waals surface area (Å²) in [6.45, 7) is 8.22. The maximum Gasteiger partial charge on any atom is 0.250 e. The molecule has 4 aromatic rings. The van der Waals surface area contributed by atoms with Crippen LogP contribution < -0.4 is 0 Å². The first-order chi connectivity index (χ1) is 23.9. The molecular formula is C38H40N6O5. The molecule has 3 amide bonds. The van der Waals surface area contributed by atoms with Gasteiger partial charge in [-0.25, -0.2) is 4.68 Å². The number of nitrogens with zero attached hydrogens (tertiary/aromatic N) is 6. The molecule has 252 valence electrons. The molecule has 11 nitrogen and oxygen atoms in total. The average Bonchev–Trinajstić information content (AvgIpc) is 3.88. The summed E-state index contributed by atoms with van der Waals surface area (Å²) in [5.41, 5.74) is 1.81. The smallest absolute Gasteiger partial charge is 0.250 e. The Morgan fingerprint density at radius 2 is 1.63 bits per heavy atom. The van der Waals surface area contributed by atoms with E-state index in [1.807, 2.05) is 84.9 Å². The van der Waals surface area contributed by atoms with Crippen LogP contribution in [0.2, 0.25) is 0 Å². The number of hydrogen-bond donors (Lipinski definition) is 1. The Labute approximate surface area is 285 Å². The molecule has 3 aromatic carbocycles. The Kier molecular flexibility index (Phi) is 8.87. The molecule has 2 unspecified atom stereocenters. The van der Waals surface area contributed by atoms with Crippen molar-refractivity contribution in [3.63, 3.8) is 0 Å². The van der Waals surface area contributed by atoms with Gasteiger partial charge in [-0.15, -0.1) is 18.3 Å². The van der Waals surface area contributed by atoms with Gasteiger partial charge < -0.3 is 24.5 Å². The fraction of sp³-hybridized carbons (Fsp3) is 0.342. The number of likely N-dealkylation sites (tertiary alicyclic amines) is 1. The third kappa shape index (κ3) is 5.52. The van der Waals surface area contributed by atoms with Gasteiger partial charge in [0.05, 0.1) is 36.1 Å². The highest BCUT2D eigenvalue weighted by Crippen LogP contribution is 2.60. The highest BCUT2D eigenvalue weighted by atomic mass is 16.5. The Bertz CT molecular complexity index is 1860. The van der Waals surface area contributed by atoms with E-state index in [1.165, 1.54) is 4.90 Å². The fourth-order valence-electron chi connectivity index (χ4n) is 8.15. The van der Waals surface area contributed by atoms with E-state index in [-0.39, 0.29) is 30.9 Å². The highest BCUT2D eigenvalue weighted by Gasteiger charge is 2.75. The van der Waals surface area contributed by atoms with Crippen LogP contribution in [0.1, 0.15) is 30.0 Å². The van der Waals surface area contributed by atoms with Crippen molar-refractivity contribution in [3.05, 3.63) is 121 Å². The van der Waals surface area contributed by atoms with E-state index in [1.54, 1.807) is 26.6 Å². The van der Waals surface area contributed by atoms with E-state index in [0.717, 1.165) is 11.1 Å². The molecule has 3 fully saturated rings. The molecule has 49 heavy (non-hydrogen) atoms. The second-order valence-electron chi connectivity index (χ2n) is 13.0. The molecule has 4 heterocycles. The summed E-state index contributed by atoms with van der Waals surface area (Å²) in [6.07, 6.45) is 3.72. The molecule has 2 bridgehead atoms. The number of benzene rings is 3. The summed E-state index contributed by atoms with van der Waals surface area (Å²) in [6, 6.07) is 24.4. The van der Waals surface area contributed by atoms with E-state index >= 15 is 4.79 Å². The number of carbonyl (C=O) groups excluding carboxylic acids is 3. The number of amides is 3. The van der Waals surface area contributed by atoms with Crippen LogP contribution in [0, 0.1) is 11.8 Å². The molecule has 1 spiro atoms. The maximum atomic E-state index is 15.0. The van der Waals surface area contributed by atoms with Gasteiger partial charge in [0.2, 0.25) is 17.7 Å². The lowest BCUT2D eigenvalue weighted by Crippen LogP contribution is -2.57. The Balaban J connectivity index is 1.29. The largest absolute Gasteiger partial charge is 0.394 e. The SMILES string of the molecule is C=CCN(Cn1nnc2ccccc21)C(=O)C1N([C@H](CO)c2ccccc2)C(=O)[C@@H]2[C@H](C(=O)N(CC=C)Cc3ccccc3)[C@@H]3CCC12O3. The van der Waals surface area contributed by atoms with Gasteiger partial charge in [-0.2, -0.15) is 0 Å². The fourth-order valence-corrected chi connectivity index (χ4v) is 8.15. The van der Waals surface area contributed by atoms with Crippen molar-refractivity contribution in [2.24, 2.45) is 11.8 Å². The molecule has 3 aliphatic heterocycles. The lowest BCUT2D eigenvalue weighted by molar-refractivity contribution is -0.153. The van der Waals surface area contributed by atoms with Gasteiger partial charge in [0.25, 0.3) is 0 Å². The van der Waals surface area contributed by atoms with Crippen LogP contribution in [0.3, 0.4) is 0 Å². The summed E-state index contributed by atoms with van der Waals surface area (Å²) >= 11 is 0. The van der Waals surface area contributed by atoms with E-state index in [2.05, 4.69) is 23.5 Å². The number of aliphatic hydroxyl groups is 1. The van der Waals surface area contributed by atoms with E-state index in [0.29, 0.717) is 37.0 Å². The molecule has 6 atom stereocenters. The molecule has 0 saturated carbocycles. The number of fused-ring (bicyclic) bond motifs is 2. The van der Waals surface area contributed by atoms with Crippen molar-refractivity contribution >= 4 is 28.8 Å². The molecule has 0 aliphatic carbocycles. The van der Waals surface area contributed by atoms with E-state index in [9.17, 15) is 14.7 Å². The minimum absolute atomic E-state index is 0.0513. The van der Waals surface area contributed by atoms with Gasteiger partial charge in [-0.1, -0.05) is 90.2 Å². The third-order valence-corrected chi connectivity index (χ3v) is 10.2. The summed E-state index contributed by atoms with van der Waals surface area (Å²) in [5, 5.41) is 19.4. The Morgan fingerprint density at radius 3 is 2.35 bits per heavy atom. The zero-order valence-electron chi connectivity index (χ0n) is 27.3. The molecule has 3 aliphatic rings. The normalized spacial score (nSPS) is 24.5. The first-order valence-electron chi connectivity index (χ1n) is 16.7. The summed E-state index contributed by atoms with van der Waals surface area (Å²) in [5.74, 6) is -2.66. The number of para-hydroxylation sites is 1. The predicted molar refractivity (Wildman–Crippen MR) is 182 cm³/mol. The van der Waals surface area contributed by atoms with Gasteiger partial charge in [0.1, 0.15) is 23.8 Å². The summed E-state index contributed by atoms with van der Waals surface area (Å²) in [7, 11) is 0. The molecule has 1 N–H and O–H groups in total. The standard InChI is InChI=1S/C38H40N6O5/c1-3-21-41(23-26-13-7-5-8-14-26)35(46)32-31-19-20-38(49-31)33(32)36(47)44(30(24-45)27-15-9-6-10-16-27)34(38)37(48)42(22-4-2)25-43-29-18-12-11-17-28(29)39-40-43/h3-18,30-34,45H,1-2,19-25H2/t30-,31+,32-,33+,34?,38?/m1/s1. The van der Waals surface area contributed by atoms with Gasteiger partial charge in [-0.05, 0) is 36.1 Å². The maximum absolute atomic E-state index is 15.0. The van der Waals surface area contributed by atoms with Crippen molar-refractivity contribution in [1.82, 2.24) is 29.7 Å². The van der Waals surface area contributed by atoms with Crippen LogP contribution in [0.25, 0.3) is 11.0 Å². The topological polar surface area (TPSA) is 121 Å². The quantitative estimate of drug-likeness (QED) is 0.217. The van der Waals surface area contributed by atoms with Gasteiger partial charge in [0.15, 0.2) is 0 Å².